The SMILES string of the molecule is CN(C[C@H](O)CNC(C)(C)CC1Cc2ccccc2C1)S(=O)(=O)c1cc(-c2ccc(F)cc2C=CC(=O)O)cc(C(F)(F)F)c1. The van der Waals surface area contributed by atoms with Crippen molar-refractivity contribution in [1.82, 2.24) is 9.62 Å². The Hall–Kier alpha value is -3.58. The number of aliphatic hydroxyl groups is 1. The number of fused-ring (bicyclic) bond motifs is 1. The summed E-state index contributed by atoms with van der Waals surface area (Å²) >= 11 is 0. The van der Waals surface area contributed by atoms with Gasteiger partial charge in [0, 0.05) is 31.8 Å². The van der Waals surface area contributed by atoms with Gasteiger partial charge in [0.2, 0.25) is 10.0 Å². The molecule has 3 N–H and O–H groups in total. The van der Waals surface area contributed by atoms with E-state index in [2.05, 4.69) is 17.4 Å². The second-order valence-electron chi connectivity index (χ2n) is 12.1. The van der Waals surface area contributed by atoms with Gasteiger partial charge in [-0.25, -0.2) is 17.6 Å². The smallest absolute Gasteiger partial charge is 0.416 e. The minimum Gasteiger partial charge on any atom is -0.478 e. The minimum atomic E-state index is -4.92. The van der Waals surface area contributed by atoms with Crippen LogP contribution in [0.2, 0.25) is 0 Å². The van der Waals surface area contributed by atoms with Gasteiger partial charge in [-0.3, -0.25) is 0 Å². The van der Waals surface area contributed by atoms with E-state index in [0.29, 0.717) is 24.1 Å². The summed E-state index contributed by atoms with van der Waals surface area (Å²) in [5, 5.41) is 23.0. The van der Waals surface area contributed by atoms with E-state index in [1.807, 2.05) is 26.0 Å². The molecular weight excluding hydrogens is 612 g/mol. The van der Waals surface area contributed by atoms with E-state index in [9.17, 15) is 35.9 Å². The Bertz CT molecular complexity index is 1660. The van der Waals surface area contributed by atoms with Crippen molar-refractivity contribution in [3.05, 3.63) is 94.8 Å². The van der Waals surface area contributed by atoms with Crippen LogP contribution in [0.15, 0.2) is 71.6 Å². The molecule has 1 atom stereocenters. The van der Waals surface area contributed by atoms with Crippen LogP contribution in [0, 0.1) is 11.7 Å². The van der Waals surface area contributed by atoms with E-state index in [0.717, 1.165) is 61.0 Å². The van der Waals surface area contributed by atoms with Crippen molar-refractivity contribution in [2.24, 2.45) is 5.92 Å². The lowest BCUT2D eigenvalue weighted by molar-refractivity contribution is -0.137. The summed E-state index contributed by atoms with van der Waals surface area (Å²) in [6, 6.07) is 13.6. The molecule has 1 aliphatic carbocycles. The third-order valence-corrected chi connectivity index (χ3v) is 9.69. The predicted molar refractivity (Wildman–Crippen MR) is 163 cm³/mol. The molecule has 4 rings (SSSR count). The summed E-state index contributed by atoms with van der Waals surface area (Å²) < 4.78 is 83.5. The largest absolute Gasteiger partial charge is 0.478 e. The molecule has 0 aliphatic heterocycles. The molecule has 0 saturated heterocycles. The highest BCUT2D eigenvalue weighted by atomic mass is 32.2. The first kappa shape index (κ1) is 34.3. The highest BCUT2D eigenvalue weighted by Crippen LogP contribution is 2.37. The summed E-state index contributed by atoms with van der Waals surface area (Å²) in [6.45, 7) is 3.66. The fourth-order valence-electron chi connectivity index (χ4n) is 5.78. The second-order valence-corrected chi connectivity index (χ2v) is 14.1. The monoisotopic (exact) mass is 648 g/mol. The van der Waals surface area contributed by atoms with E-state index in [-0.39, 0.29) is 28.8 Å². The molecular formula is C33H36F4N2O5S. The number of hydrogen-bond donors (Lipinski definition) is 3. The summed E-state index contributed by atoms with van der Waals surface area (Å²) in [6.07, 6.45) is -1.65. The van der Waals surface area contributed by atoms with Crippen molar-refractivity contribution in [3.63, 3.8) is 0 Å². The third kappa shape index (κ3) is 8.78. The Morgan fingerprint density at radius 3 is 2.31 bits per heavy atom. The Morgan fingerprint density at radius 2 is 1.71 bits per heavy atom. The predicted octanol–water partition coefficient (Wildman–Crippen LogP) is 5.76. The van der Waals surface area contributed by atoms with Gasteiger partial charge in [0.25, 0.3) is 0 Å². The van der Waals surface area contributed by atoms with Crippen LogP contribution in [0.1, 0.15) is 42.5 Å². The maximum absolute atomic E-state index is 14.0. The van der Waals surface area contributed by atoms with Crippen LogP contribution in [0.3, 0.4) is 0 Å². The molecule has 0 unspecified atom stereocenters. The van der Waals surface area contributed by atoms with Gasteiger partial charge in [-0.2, -0.15) is 17.5 Å². The van der Waals surface area contributed by atoms with Gasteiger partial charge < -0.3 is 15.5 Å². The van der Waals surface area contributed by atoms with Crippen LogP contribution in [0.5, 0.6) is 0 Å². The molecule has 0 aromatic heterocycles. The zero-order valence-electron chi connectivity index (χ0n) is 25.1. The van der Waals surface area contributed by atoms with Crippen molar-refractivity contribution >= 4 is 22.1 Å². The van der Waals surface area contributed by atoms with Crippen LogP contribution in [-0.4, -0.2) is 60.7 Å². The van der Waals surface area contributed by atoms with E-state index in [1.54, 1.807) is 0 Å². The number of carboxylic acids is 1. The molecule has 3 aromatic carbocycles. The molecule has 0 fully saturated rings. The number of rotatable bonds is 12. The summed E-state index contributed by atoms with van der Waals surface area (Å²) in [4.78, 5) is 10.3. The minimum absolute atomic E-state index is 0.00377. The molecule has 0 heterocycles. The quantitative estimate of drug-likeness (QED) is 0.170. The topological polar surface area (TPSA) is 107 Å². The Morgan fingerprint density at radius 1 is 1.07 bits per heavy atom. The van der Waals surface area contributed by atoms with E-state index < -0.39 is 51.1 Å². The average molecular weight is 649 g/mol. The Kier molecular flexibility index (Phi) is 10.2. The number of aliphatic carboxylic acids is 1. The molecule has 0 saturated carbocycles. The van der Waals surface area contributed by atoms with Gasteiger partial charge in [-0.15, -0.1) is 0 Å². The number of halogens is 4. The average Bonchev–Trinajstić information content (AvgIpc) is 3.36. The fraction of sp³-hybridized carbons (Fsp3) is 0.364. The summed E-state index contributed by atoms with van der Waals surface area (Å²) in [5.41, 5.74) is 0.756. The first-order valence-corrected chi connectivity index (χ1v) is 15.8. The van der Waals surface area contributed by atoms with Crippen molar-refractivity contribution in [1.29, 1.82) is 0 Å². The lowest BCUT2D eigenvalue weighted by Crippen LogP contribution is -2.47. The molecule has 12 heteroatoms. The highest BCUT2D eigenvalue weighted by molar-refractivity contribution is 7.89. The molecule has 45 heavy (non-hydrogen) atoms. The number of carbonyl (C=O) groups is 1. The molecule has 0 spiro atoms. The third-order valence-electron chi connectivity index (χ3n) is 7.89. The van der Waals surface area contributed by atoms with Crippen molar-refractivity contribution in [2.75, 3.05) is 20.1 Å². The number of benzene rings is 3. The number of sulfonamides is 1. The number of nitrogens with one attached hydrogen (secondary N) is 1. The molecule has 0 bridgehead atoms. The number of carboxylic acid groups (broad SMARTS) is 1. The number of hydrogen-bond acceptors (Lipinski definition) is 5. The normalized spacial score (nSPS) is 15.1. The number of aliphatic hydroxyl groups excluding tert-OH is 1. The van der Waals surface area contributed by atoms with Crippen LogP contribution in [0.25, 0.3) is 17.2 Å². The first-order valence-electron chi connectivity index (χ1n) is 14.3. The number of likely N-dealkylation sites (N-methyl/N-ethyl adjacent to an activating group) is 1. The molecule has 0 radical (unpaired) electrons. The molecule has 242 valence electrons. The highest BCUT2D eigenvalue weighted by Gasteiger charge is 2.34. The van der Waals surface area contributed by atoms with Gasteiger partial charge in [0.1, 0.15) is 5.82 Å². The Balaban J connectivity index is 1.51. The maximum Gasteiger partial charge on any atom is 0.416 e. The number of β-amino-alcohol motifs (C(OH)–C–C–N with tert-alkyl or cyclic N) is 1. The van der Waals surface area contributed by atoms with Crippen LogP contribution in [0.4, 0.5) is 17.6 Å². The van der Waals surface area contributed by atoms with E-state index >= 15 is 0 Å². The molecule has 1 aliphatic rings. The van der Waals surface area contributed by atoms with Gasteiger partial charge in [0.05, 0.1) is 16.6 Å². The zero-order valence-corrected chi connectivity index (χ0v) is 25.9. The number of nitrogens with zero attached hydrogens (tertiary/aromatic N) is 1. The second kappa shape index (κ2) is 13.4. The maximum atomic E-state index is 14.0. The lowest BCUT2D eigenvalue weighted by Gasteiger charge is -2.31. The van der Waals surface area contributed by atoms with Gasteiger partial charge in [-0.05, 0) is 103 Å². The number of alkyl halides is 3. The van der Waals surface area contributed by atoms with E-state index in [1.165, 1.54) is 11.1 Å². The molecule has 7 nitrogen and oxygen atoms in total. The van der Waals surface area contributed by atoms with E-state index in [4.69, 9.17) is 5.11 Å². The summed E-state index contributed by atoms with van der Waals surface area (Å²) in [5.74, 6) is -1.71. The standard InChI is InChI=1S/C33H36F4N2O5S/c1-32(2,18-21-12-22-6-4-5-7-23(22)13-21)38-19-28(40)20-39(3)45(43,44)29-16-25(14-26(17-29)33(35,36)37)30-10-9-27(34)15-24(30)8-11-31(41)42/h4-11,14-17,21,28,38,40H,12-13,18-20H2,1-3H3,(H,41,42)/t28-/m1/s1. The zero-order chi connectivity index (χ0) is 33.2. The molecule has 0 amide bonds. The first-order chi connectivity index (χ1) is 20.9. The van der Waals surface area contributed by atoms with Crippen molar-refractivity contribution in [3.8, 4) is 11.1 Å². The van der Waals surface area contributed by atoms with Gasteiger partial charge in [-0.1, -0.05) is 30.3 Å². The van der Waals surface area contributed by atoms with Gasteiger partial charge >= 0.3 is 12.1 Å². The summed E-state index contributed by atoms with van der Waals surface area (Å²) in [7, 11) is -3.37. The lowest BCUT2D eigenvalue weighted by atomic mass is 9.88. The van der Waals surface area contributed by atoms with Crippen LogP contribution >= 0.6 is 0 Å². The fourth-order valence-corrected chi connectivity index (χ4v) is 7.06. The van der Waals surface area contributed by atoms with Gasteiger partial charge in [0.15, 0.2) is 0 Å². The van der Waals surface area contributed by atoms with Crippen LogP contribution in [-0.2, 0) is 33.8 Å². The Labute approximate surface area is 260 Å². The van der Waals surface area contributed by atoms with Crippen molar-refractivity contribution < 1.29 is 41.0 Å². The van der Waals surface area contributed by atoms with Crippen LogP contribution < -0.4 is 5.32 Å². The van der Waals surface area contributed by atoms with Crippen molar-refractivity contribution in [2.45, 2.75) is 55.8 Å². The molecule has 3 aromatic rings.